The summed E-state index contributed by atoms with van der Waals surface area (Å²) in [7, 11) is 0. The topological polar surface area (TPSA) is 23.0 Å². The summed E-state index contributed by atoms with van der Waals surface area (Å²) in [6.07, 6.45) is 0. The molecule has 2 aromatic heterocycles. The van der Waals surface area contributed by atoms with Crippen LogP contribution < -0.4 is 0 Å². The fourth-order valence-electron chi connectivity index (χ4n) is 4.95. The van der Waals surface area contributed by atoms with Crippen molar-refractivity contribution >= 4 is 54.0 Å². The van der Waals surface area contributed by atoms with Gasteiger partial charge in [0.2, 0.25) is 0 Å². The van der Waals surface area contributed by atoms with E-state index in [1.165, 1.54) is 26.0 Å². The van der Waals surface area contributed by atoms with Gasteiger partial charge in [0.05, 0.1) is 31.5 Å². The van der Waals surface area contributed by atoms with E-state index in [0.717, 1.165) is 39.1 Å². The molecule has 0 bridgehead atoms. The minimum Gasteiger partial charge on any atom is -0.453 e. The number of fused-ring (bicyclic) bond motifs is 4. The standard InChI is InChI=1S/C32H24N2OS/c1-21-11-15-23(16-12-21)33-25-7-3-5-9-29(25)35-30-19-28-32(20-27(30)33)36-31-10-6-4-8-26(31)34(28)24-17-13-22(2)14-18-24/h3-20H,1-2H3. The third-order valence-corrected chi connectivity index (χ3v) is 7.87. The van der Waals surface area contributed by atoms with Gasteiger partial charge < -0.3 is 13.6 Å². The van der Waals surface area contributed by atoms with Crippen LogP contribution >= 0.6 is 11.3 Å². The van der Waals surface area contributed by atoms with Gasteiger partial charge >= 0.3 is 0 Å². The van der Waals surface area contributed by atoms with Gasteiger partial charge in [-0.05, 0) is 68.4 Å². The predicted molar refractivity (Wildman–Crippen MR) is 152 cm³/mol. The number of aryl methyl sites for hydroxylation is 2. The molecule has 36 heavy (non-hydrogen) atoms. The summed E-state index contributed by atoms with van der Waals surface area (Å²) in [5.41, 5.74) is 10.9. The van der Waals surface area contributed by atoms with E-state index >= 15 is 0 Å². The Hall–Kier alpha value is -4.28. The van der Waals surface area contributed by atoms with Crippen LogP contribution in [-0.4, -0.2) is 9.13 Å². The molecule has 0 aliphatic heterocycles. The number of hydrogen-bond acceptors (Lipinski definition) is 2. The van der Waals surface area contributed by atoms with Crippen molar-refractivity contribution in [3.8, 4) is 11.4 Å². The lowest BCUT2D eigenvalue weighted by atomic mass is 10.2. The Morgan fingerprint density at radius 1 is 0.500 bits per heavy atom. The van der Waals surface area contributed by atoms with E-state index < -0.39 is 0 Å². The molecule has 0 fully saturated rings. The Morgan fingerprint density at radius 2 is 1.08 bits per heavy atom. The molecule has 0 aliphatic carbocycles. The molecule has 2 heterocycles. The van der Waals surface area contributed by atoms with Crippen molar-refractivity contribution in [1.82, 2.24) is 9.13 Å². The zero-order chi connectivity index (χ0) is 24.2. The van der Waals surface area contributed by atoms with Crippen LogP contribution in [-0.2, 0) is 0 Å². The molecule has 0 radical (unpaired) electrons. The van der Waals surface area contributed by atoms with Crippen LogP contribution in [0.1, 0.15) is 11.1 Å². The second-order valence-electron chi connectivity index (χ2n) is 9.27. The molecule has 0 N–H and O–H groups in total. The van der Waals surface area contributed by atoms with E-state index in [0.29, 0.717) is 0 Å². The maximum Gasteiger partial charge on any atom is 0.153 e. The van der Waals surface area contributed by atoms with E-state index in [1.807, 2.05) is 23.5 Å². The molecule has 0 atom stereocenters. The molecule has 0 saturated carbocycles. The van der Waals surface area contributed by atoms with Gasteiger partial charge in [-0.3, -0.25) is 0 Å². The molecule has 7 aromatic rings. The van der Waals surface area contributed by atoms with Gasteiger partial charge in [-0.15, -0.1) is 11.3 Å². The van der Waals surface area contributed by atoms with Crippen molar-refractivity contribution in [1.29, 1.82) is 0 Å². The number of para-hydroxylation sites is 3. The molecule has 0 unspecified atom stereocenters. The summed E-state index contributed by atoms with van der Waals surface area (Å²) >= 11 is 1.81. The van der Waals surface area contributed by atoms with Crippen molar-refractivity contribution in [3.63, 3.8) is 0 Å². The number of aromatic nitrogens is 2. The average Bonchev–Trinajstić information content (AvgIpc) is 2.91. The van der Waals surface area contributed by atoms with Crippen LogP contribution in [0.15, 0.2) is 114 Å². The molecule has 0 spiro atoms. The number of benzene rings is 5. The van der Waals surface area contributed by atoms with Crippen LogP contribution in [0.3, 0.4) is 0 Å². The van der Waals surface area contributed by atoms with Crippen LogP contribution in [0.5, 0.6) is 0 Å². The van der Waals surface area contributed by atoms with E-state index in [9.17, 15) is 0 Å². The number of rotatable bonds is 2. The molecular weight excluding hydrogens is 460 g/mol. The van der Waals surface area contributed by atoms with Gasteiger partial charge in [0, 0.05) is 17.4 Å². The lowest BCUT2D eigenvalue weighted by Crippen LogP contribution is -2.02. The second kappa shape index (κ2) is 8.14. The SMILES string of the molecule is Cc1ccc(-n2c3ccccc3oc3cc4c(cc32)sc2ccccc2n4-c2ccc(C)cc2)cc1. The first kappa shape index (κ1) is 21.0. The van der Waals surface area contributed by atoms with Crippen LogP contribution in [0.25, 0.3) is 54.0 Å². The van der Waals surface area contributed by atoms with Crippen molar-refractivity contribution in [3.05, 3.63) is 120 Å². The number of hydrogen-bond donors (Lipinski definition) is 0. The summed E-state index contributed by atoms with van der Waals surface area (Å²) in [6, 6.07) is 38.8. The van der Waals surface area contributed by atoms with E-state index in [2.05, 4.69) is 120 Å². The predicted octanol–water partition coefficient (Wildman–Crippen LogP) is 9.28. The summed E-state index contributed by atoms with van der Waals surface area (Å²) < 4.78 is 13.6. The second-order valence-corrected chi connectivity index (χ2v) is 10.4. The third kappa shape index (κ3) is 3.34. The van der Waals surface area contributed by atoms with Gasteiger partial charge in [-0.1, -0.05) is 59.7 Å². The minimum atomic E-state index is 0.852. The van der Waals surface area contributed by atoms with Gasteiger partial charge in [0.1, 0.15) is 0 Å². The van der Waals surface area contributed by atoms with E-state index in [1.54, 1.807) is 0 Å². The highest BCUT2D eigenvalue weighted by Crippen LogP contribution is 2.36. The first-order valence-electron chi connectivity index (χ1n) is 12.1. The molecule has 0 aliphatic rings. The summed E-state index contributed by atoms with van der Waals surface area (Å²) in [6.45, 7) is 4.24. The van der Waals surface area contributed by atoms with Gasteiger partial charge in [0.25, 0.3) is 0 Å². The highest BCUT2D eigenvalue weighted by atomic mass is 32.1. The van der Waals surface area contributed by atoms with E-state index in [4.69, 9.17) is 4.42 Å². The monoisotopic (exact) mass is 484 g/mol. The highest BCUT2D eigenvalue weighted by molar-refractivity contribution is 7.24. The Morgan fingerprint density at radius 3 is 1.78 bits per heavy atom. The number of nitrogens with zero attached hydrogens (tertiary/aromatic N) is 2. The molecule has 174 valence electrons. The molecular formula is C32H24N2OS. The zero-order valence-electron chi connectivity index (χ0n) is 20.1. The van der Waals surface area contributed by atoms with Gasteiger partial charge in [-0.25, -0.2) is 0 Å². The van der Waals surface area contributed by atoms with Gasteiger partial charge in [0.15, 0.2) is 11.2 Å². The normalized spacial score (nSPS) is 11.6. The largest absolute Gasteiger partial charge is 0.453 e. The molecule has 5 aromatic carbocycles. The van der Waals surface area contributed by atoms with Crippen LogP contribution in [0, 0.1) is 13.8 Å². The molecule has 3 nitrogen and oxygen atoms in total. The minimum absolute atomic E-state index is 0.852. The van der Waals surface area contributed by atoms with Crippen LogP contribution in [0.2, 0.25) is 0 Å². The lowest BCUT2D eigenvalue weighted by Gasteiger charge is -2.19. The summed E-state index contributed by atoms with van der Waals surface area (Å²) in [4.78, 5) is 0. The Bertz CT molecular complexity index is 1800. The third-order valence-electron chi connectivity index (χ3n) is 6.76. The fourth-order valence-corrected chi connectivity index (χ4v) is 6.02. The zero-order valence-corrected chi connectivity index (χ0v) is 20.9. The smallest absolute Gasteiger partial charge is 0.153 e. The van der Waals surface area contributed by atoms with E-state index in [-0.39, 0.29) is 0 Å². The van der Waals surface area contributed by atoms with Crippen molar-refractivity contribution < 1.29 is 4.42 Å². The Kier molecular flexibility index (Phi) is 4.76. The summed E-state index contributed by atoms with van der Waals surface area (Å²) in [5, 5.41) is 0. The lowest BCUT2D eigenvalue weighted by molar-refractivity contribution is 0.654. The average molecular weight is 485 g/mol. The van der Waals surface area contributed by atoms with Crippen molar-refractivity contribution in [2.24, 2.45) is 0 Å². The van der Waals surface area contributed by atoms with Crippen molar-refractivity contribution in [2.45, 2.75) is 13.8 Å². The van der Waals surface area contributed by atoms with Crippen molar-refractivity contribution in [2.75, 3.05) is 0 Å². The maximum atomic E-state index is 6.53. The highest BCUT2D eigenvalue weighted by Gasteiger charge is 2.15. The quantitative estimate of drug-likeness (QED) is 0.224. The fraction of sp³-hybridized carbons (Fsp3) is 0.0625. The first-order chi connectivity index (χ1) is 17.7. The summed E-state index contributed by atoms with van der Waals surface area (Å²) in [5.74, 6) is 0. The van der Waals surface area contributed by atoms with Crippen LogP contribution in [0.4, 0.5) is 0 Å². The maximum absolute atomic E-state index is 6.53. The molecule has 0 amide bonds. The first-order valence-corrected chi connectivity index (χ1v) is 12.9. The molecule has 7 rings (SSSR count). The Balaban J connectivity index is 1.65. The molecule has 4 heteroatoms. The Labute approximate surface area is 212 Å². The van der Waals surface area contributed by atoms with Gasteiger partial charge in [-0.2, -0.15) is 0 Å². The molecule has 0 saturated heterocycles.